The number of thioether (sulfide) groups is 1. The number of nitriles is 1. The van der Waals surface area contributed by atoms with Crippen molar-refractivity contribution >= 4 is 46.4 Å². The number of ketones is 1. The van der Waals surface area contributed by atoms with E-state index in [0.29, 0.717) is 15.6 Å². The van der Waals surface area contributed by atoms with Crippen molar-refractivity contribution in [2.24, 2.45) is 0 Å². The maximum absolute atomic E-state index is 12.1. The number of nitrogens with one attached hydrogen (secondary N) is 1. The van der Waals surface area contributed by atoms with Crippen molar-refractivity contribution < 1.29 is 9.59 Å². The van der Waals surface area contributed by atoms with Crippen LogP contribution in [-0.4, -0.2) is 22.4 Å². The fourth-order valence-electron chi connectivity index (χ4n) is 2.63. The van der Waals surface area contributed by atoms with Crippen LogP contribution in [0, 0.1) is 11.3 Å². The van der Waals surface area contributed by atoms with Crippen molar-refractivity contribution in [3.63, 3.8) is 0 Å². The summed E-state index contributed by atoms with van der Waals surface area (Å²) < 4.78 is 0. The summed E-state index contributed by atoms with van der Waals surface area (Å²) in [5, 5.41) is 16.0. The number of rotatable bonds is 6. The average molecular weight is 404 g/mol. The summed E-state index contributed by atoms with van der Waals surface area (Å²) in [6, 6.07) is 9.31. The molecule has 26 heavy (non-hydrogen) atoms. The van der Waals surface area contributed by atoms with Crippen molar-refractivity contribution in [3.8, 4) is 6.07 Å². The van der Waals surface area contributed by atoms with Gasteiger partial charge in [0.2, 0.25) is 5.91 Å². The molecule has 0 saturated heterocycles. The second-order valence-electron chi connectivity index (χ2n) is 5.64. The summed E-state index contributed by atoms with van der Waals surface area (Å²) in [7, 11) is 0. The van der Waals surface area contributed by atoms with Crippen LogP contribution in [0.5, 0.6) is 0 Å². The minimum absolute atomic E-state index is 0.00222. The largest absolute Gasteiger partial charge is 0.320 e. The van der Waals surface area contributed by atoms with Crippen molar-refractivity contribution in [2.75, 3.05) is 5.75 Å². The molecule has 1 aliphatic heterocycles. The lowest BCUT2D eigenvalue weighted by Gasteiger charge is -2.25. The van der Waals surface area contributed by atoms with Gasteiger partial charge in [0.25, 0.3) is 0 Å². The molecule has 0 bridgehead atoms. The molecule has 0 fully saturated rings. The van der Waals surface area contributed by atoms with E-state index in [2.05, 4.69) is 16.4 Å². The summed E-state index contributed by atoms with van der Waals surface area (Å²) in [5.74, 6) is -0.327. The predicted octanol–water partition coefficient (Wildman–Crippen LogP) is 3.68. The Hall–Kier alpha value is -2.14. The zero-order valence-corrected chi connectivity index (χ0v) is 16.0. The van der Waals surface area contributed by atoms with E-state index < -0.39 is 0 Å². The number of allylic oxidation sites excluding steroid dienone is 1. The Bertz CT molecular complexity index is 886. The van der Waals surface area contributed by atoms with Gasteiger partial charge in [0.05, 0.1) is 33.9 Å². The SMILES string of the molecule is N#CC1=C(SCC(=O)Cc2nccs2)NC(=O)CC1c1ccc(Cl)cc1. The normalized spacial score (nSPS) is 16.9. The van der Waals surface area contributed by atoms with Crippen LogP contribution in [0.1, 0.15) is 22.9 Å². The molecule has 2 heterocycles. The van der Waals surface area contributed by atoms with Gasteiger partial charge >= 0.3 is 0 Å². The first-order valence-corrected chi connectivity index (χ1v) is 10.0. The van der Waals surface area contributed by atoms with E-state index in [0.717, 1.165) is 10.6 Å². The highest BCUT2D eigenvalue weighted by molar-refractivity contribution is 8.03. The van der Waals surface area contributed by atoms with Gasteiger partial charge in [-0.2, -0.15) is 5.26 Å². The van der Waals surface area contributed by atoms with E-state index in [9.17, 15) is 14.9 Å². The van der Waals surface area contributed by atoms with Gasteiger partial charge in [-0.3, -0.25) is 9.59 Å². The summed E-state index contributed by atoms with van der Waals surface area (Å²) in [6.45, 7) is 0. The number of benzene rings is 1. The molecular weight excluding hydrogens is 390 g/mol. The monoisotopic (exact) mass is 403 g/mol. The van der Waals surface area contributed by atoms with Gasteiger partial charge < -0.3 is 5.32 Å². The summed E-state index contributed by atoms with van der Waals surface area (Å²) >= 11 is 8.54. The number of thiazole rings is 1. The van der Waals surface area contributed by atoms with Crippen LogP contribution in [0.2, 0.25) is 5.02 Å². The molecular formula is C18H14ClN3O2S2. The first kappa shape index (κ1) is 18.6. The van der Waals surface area contributed by atoms with Gasteiger partial charge in [-0.15, -0.1) is 11.3 Å². The van der Waals surface area contributed by atoms with Gasteiger partial charge in [0.1, 0.15) is 5.78 Å². The number of aromatic nitrogens is 1. The highest BCUT2D eigenvalue weighted by Gasteiger charge is 2.29. The molecule has 1 unspecified atom stereocenters. The Kier molecular flexibility index (Phi) is 6.09. The fourth-order valence-corrected chi connectivity index (χ4v) is 4.33. The highest BCUT2D eigenvalue weighted by atomic mass is 35.5. The maximum Gasteiger partial charge on any atom is 0.225 e. The number of carbonyl (C=O) groups excluding carboxylic acids is 2. The molecule has 1 amide bonds. The zero-order valence-electron chi connectivity index (χ0n) is 13.6. The molecule has 132 valence electrons. The van der Waals surface area contributed by atoms with Crippen LogP contribution in [0.4, 0.5) is 0 Å². The van der Waals surface area contributed by atoms with E-state index in [1.54, 1.807) is 18.3 Å². The van der Waals surface area contributed by atoms with E-state index in [-0.39, 0.29) is 36.2 Å². The van der Waals surface area contributed by atoms with Crippen molar-refractivity contribution in [1.29, 1.82) is 5.26 Å². The highest BCUT2D eigenvalue weighted by Crippen LogP contribution is 2.36. The third kappa shape index (κ3) is 4.52. The smallest absolute Gasteiger partial charge is 0.225 e. The number of halogens is 1. The summed E-state index contributed by atoms with van der Waals surface area (Å²) in [5.41, 5.74) is 1.33. The number of hydrogen-bond donors (Lipinski definition) is 1. The first-order valence-electron chi connectivity index (χ1n) is 7.79. The fraction of sp³-hybridized carbons (Fsp3) is 0.222. The molecule has 1 aromatic heterocycles. The topological polar surface area (TPSA) is 82.8 Å². The third-order valence-electron chi connectivity index (χ3n) is 3.84. The van der Waals surface area contributed by atoms with E-state index in [1.165, 1.54) is 23.1 Å². The number of hydrogen-bond acceptors (Lipinski definition) is 6. The maximum atomic E-state index is 12.1. The van der Waals surface area contributed by atoms with Crippen LogP contribution in [0.15, 0.2) is 46.4 Å². The minimum atomic E-state index is -0.331. The number of Topliss-reactive ketones (excluding diaryl/α,β-unsaturated/α-hetero) is 1. The van der Waals surface area contributed by atoms with Crippen LogP contribution in [-0.2, 0) is 16.0 Å². The van der Waals surface area contributed by atoms with Gasteiger partial charge in [-0.1, -0.05) is 35.5 Å². The van der Waals surface area contributed by atoms with Crippen molar-refractivity contribution in [3.05, 3.63) is 62.0 Å². The van der Waals surface area contributed by atoms with Crippen LogP contribution < -0.4 is 5.32 Å². The Morgan fingerprint density at radius 2 is 2.19 bits per heavy atom. The van der Waals surface area contributed by atoms with Gasteiger partial charge in [-0.25, -0.2) is 4.98 Å². The molecule has 0 saturated carbocycles. The Balaban J connectivity index is 1.76. The van der Waals surface area contributed by atoms with E-state index >= 15 is 0 Å². The molecule has 1 atom stereocenters. The predicted molar refractivity (Wildman–Crippen MR) is 103 cm³/mol. The molecule has 0 spiro atoms. The summed E-state index contributed by atoms with van der Waals surface area (Å²) in [6.07, 6.45) is 2.12. The lowest BCUT2D eigenvalue weighted by molar-refractivity contribution is -0.121. The molecule has 5 nitrogen and oxygen atoms in total. The average Bonchev–Trinajstić information content (AvgIpc) is 3.13. The minimum Gasteiger partial charge on any atom is -0.320 e. The molecule has 1 N–H and O–H groups in total. The van der Waals surface area contributed by atoms with Gasteiger partial charge in [-0.05, 0) is 17.7 Å². The van der Waals surface area contributed by atoms with E-state index in [4.69, 9.17) is 11.6 Å². The second-order valence-corrected chi connectivity index (χ2v) is 8.04. The van der Waals surface area contributed by atoms with Crippen LogP contribution in [0.25, 0.3) is 0 Å². The molecule has 0 aliphatic carbocycles. The molecule has 1 aliphatic rings. The first-order chi connectivity index (χ1) is 12.6. The van der Waals surface area contributed by atoms with Crippen LogP contribution in [0.3, 0.4) is 0 Å². The second kappa shape index (κ2) is 8.49. The molecule has 1 aromatic carbocycles. The third-order valence-corrected chi connectivity index (χ3v) is 5.95. The number of carbonyl (C=O) groups is 2. The Morgan fingerprint density at radius 3 is 2.85 bits per heavy atom. The zero-order chi connectivity index (χ0) is 18.5. The van der Waals surface area contributed by atoms with Gasteiger partial charge in [0.15, 0.2) is 0 Å². The van der Waals surface area contributed by atoms with E-state index in [1.807, 2.05) is 17.5 Å². The number of nitrogens with zero attached hydrogens (tertiary/aromatic N) is 2. The molecule has 3 rings (SSSR count). The standard InChI is InChI=1S/C18H14ClN3O2S2/c19-12-3-1-11(2-4-12)14-8-16(24)22-18(15(14)9-20)26-10-13(23)7-17-21-5-6-25-17/h1-6,14H,7-8,10H2,(H,22,24). The summed E-state index contributed by atoms with van der Waals surface area (Å²) in [4.78, 5) is 28.3. The lowest BCUT2D eigenvalue weighted by atomic mass is 9.87. The lowest BCUT2D eigenvalue weighted by Crippen LogP contribution is -2.31. The Labute approximate surface area is 164 Å². The molecule has 0 radical (unpaired) electrons. The molecule has 2 aromatic rings. The quantitative estimate of drug-likeness (QED) is 0.795. The van der Waals surface area contributed by atoms with Crippen LogP contribution >= 0.6 is 34.7 Å². The van der Waals surface area contributed by atoms with Crippen molar-refractivity contribution in [2.45, 2.75) is 18.8 Å². The molecule has 8 heteroatoms. The Morgan fingerprint density at radius 1 is 1.42 bits per heavy atom. The number of amides is 1. The van der Waals surface area contributed by atoms with Crippen molar-refractivity contribution in [1.82, 2.24) is 10.3 Å². The van der Waals surface area contributed by atoms with Gasteiger partial charge in [0, 0.05) is 28.9 Å².